The highest BCUT2D eigenvalue weighted by Gasteiger charge is 2.11. The Morgan fingerprint density at radius 1 is 0.960 bits per heavy atom. The quantitative estimate of drug-likeness (QED) is 0.772. The molecule has 0 aliphatic rings. The smallest absolute Gasteiger partial charge is 0.306 e. The number of ether oxygens (including phenoxy) is 1. The van der Waals surface area contributed by atoms with Gasteiger partial charge in [0.1, 0.15) is 0 Å². The standard InChI is InChI=1S/C21H25NO3/c1-15-13-16(2)21(17(3)14-15)22-19(23)9-10-20(24)25-12-11-18-7-5-4-6-8-18/h4-8,13-14H,9-12H2,1-3H3,(H,22,23). The Kier molecular flexibility index (Phi) is 6.75. The number of anilines is 1. The molecule has 2 aromatic rings. The lowest BCUT2D eigenvalue weighted by atomic mass is 10.0. The molecule has 0 atom stereocenters. The fourth-order valence-corrected chi connectivity index (χ4v) is 2.79. The van der Waals surface area contributed by atoms with Crippen molar-refractivity contribution in [3.8, 4) is 0 Å². The lowest BCUT2D eigenvalue weighted by Gasteiger charge is -2.12. The van der Waals surface area contributed by atoms with Crippen molar-refractivity contribution in [1.82, 2.24) is 0 Å². The van der Waals surface area contributed by atoms with E-state index in [1.807, 2.05) is 63.2 Å². The molecular formula is C21H25NO3. The van der Waals surface area contributed by atoms with E-state index in [1.165, 1.54) is 0 Å². The second-order valence-corrected chi connectivity index (χ2v) is 6.28. The molecule has 0 saturated carbocycles. The molecule has 0 aliphatic carbocycles. The van der Waals surface area contributed by atoms with E-state index >= 15 is 0 Å². The van der Waals surface area contributed by atoms with Crippen molar-refractivity contribution in [2.24, 2.45) is 0 Å². The fourth-order valence-electron chi connectivity index (χ4n) is 2.79. The zero-order valence-corrected chi connectivity index (χ0v) is 15.1. The zero-order valence-electron chi connectivity index (χ0n) is 15.1. The van der Waals surface area contributed by atoms with Crippen molar-refractivity contribution in [2.75, 3.05) is 11.9 Å². The second-order valence-electron chi connectivity index (χ2n) is 6.28. The summed E-state index contributed by atoms with van der Waals surface area (Å²) in [6, 6.07) is 13.9. The van der Waals surface area contributed by atoms with E-state index in [1.54, 1.807) is 0 Å². The van der Waals surface area contributed by atoms with Crippen LogP contribution >= 0.6 is 0 Å². The van der Waals surface area contributed by atoms with Gasteiger partial charge in [-0.2, -0.15) is 0 Å². The number of hydrogen-bond donors (Lipinski definition) is 1. The SMILES string of the molecule is Cc1cc(C)c(NC(=O)CCC(=O)OCCc2ccccc2)c(C)c1. The number of hydrogen-bond acceptors (Lipinski definition) is 3. The number of nitrogens with one attached hydrogen (secondary N) is 1. The van der Waals surface area contributed by atoms with Gasteiger partial charge in [-0.15, -0.1) is 0 Å². The van der Waals surface area contributed by atoms with Crippen molar-refractivity contribution in [1.29, 1.82) is 0 Å². The lowest BCUT2D eigenvalue weighted by molar-refractivity contribution is -0.144. The molecule has 0 unspecified atom stereocenters. The van der Waals surface area contributed by atoms with Gasteiger partial charge < -0.3 is 10.1 Å². The van der Waals surface area contributed by atoms with E-state index in [-0.39, 0.29) is 24.7 Å². The van der Waals surface area contributed by atoms with Crippen molar-refractivity contribution in [3.63, 3.8) is 0 Å². The highest BCUT2D eigenvalue weighted by Crippen LogP contribution is 2.22. The van der Waals surface area contributed by atoms with Crippen LogP contribution in [0.15, 0.2) is 42.5 Å². The molecule has 0 fully saturated rings. The van der Waals surface area contributed by atoms with Crippen LogP contribution in [0.4, 0.5) is 5.69 Å². The Hall–Kier alpha value is -2.62. The molecule has 2 rings (SSSR count). The van der Waals surface area contributed by atoms with Gasteiger partial charge in [-0.05, 0) is 37.5 Å². The summed E-state index contributed by atoms with van der Waals surface area (Å²) in [6.45, 7) is 6.29. The number of rotatable bonds is 7. The third-order valence-corrected chi connectivity index (χ3v) is 3.99. The highest BCUT2D eigenvalue weighted by molar-refractivity contribution is 5.94. The predicted octanol–water partition coefficient (Wildman–Crippen LogP) is 4.12. The average Bonchev–Trinajstić information content (AvgIpc) is 2.57. The van der Waals surface area contributed by atoms with E-state index in [4.69, 9.17) is 4.74 Å². The monoisotopic (exact) mass is 339 g/mol. The number of carbonyl (C=O) groups is 2. The summed E-state index contributed by atoms with van der Waals surface area (Å²) in [5, 5.41) is 2.90. The first-order valence-corrected chi connectivity index (χ1v) is 8.53. The van der Waals surface area contributed by atoms with Crippen LogP contribution in [-0.4, -0.2) is 18.5 Å². The topological polar surface area (TPSA) is 55.4 Å². The molecule has 0 bridgehead atoms. The molecule has 4 heteroatoms. The van der Waals surface area contributed by atoms with Gasteiger partial charge >= 0.3 is 5.97 Å². The predicted molar refractivity (Wildman–Crippen MR) is 99.6 cm³/mol. The normalized spacial score (nSPS) is 10.4. The second kappa shape index (κ2) is 9.02. The molecule has 4 nitrogen and oxygen atoms in total. The molecule has 0 aliphatic heterocycles. The molecule has 25 heavy (non-hydrogen) atoms. The van der Waals surface area contributed by atoms with Gasteiger partial charge in [0.15, 0.2) is 0 Å². The van der Waals surface area contributed by atoms with Crippen LogP contribution in [-0.2, 0) is 20.7 Å². The first-order chi connectivity index (χ1) is 12.0. The van der Waals surface area contributed by atoms with Crippen molar-refractivity contribution < 1.29 is 14.3 Å². The molecule has 0 spiro atoms. The zero-order chi connectivity index (χ0) is 18.2. The van der Waals surface area contributed by atoms with E-state index in [0.717, 1.165) is 27.9 Å². The van der Waals surface area contributed by atoms with Gasteiger partial charge in [0.05, 0.1) is 13.0 Å². The maximum Gasteiger partial charge on any atom is 0.306 e. The highest BCUT2D eigenvalue weighted by atomic mass is 16.5. The third-order valence-electron chi connectivity index (χ3n) is 3.99. The number of esters is 1. The van der Waals surface area contributed by atoms with Gasteiger partial charge in [0, 0.05) is 18.5 Å². The summed E-state index contributed by atoms with van der Waals surface area (Å²) in [5.74, 6) is -0.515. The summed E-state index contributed by atoms with van der Waals surface area (Å²) >= 11 is 0. The van der Waals surface area contributed by atoms with E-state index in [0.29, 0.717) is 13.0 Å². The average molecular weight is 339 g/mol. The van der Waals surface area contributed by atoms with Crippen LogP contribution in [0.25, 0.3) is 0 Å². The lowest BCUT2D eigenvalue weighted by Crippen LogP contribution is -2.16. The summed E-state index contributed by atoms with van der Waals surface area (Å²) in [7, 11) is 0. The van der Waals surface area contributed by atoms with Crippen molar-refractivity contribution in [2.45, 2.75) is 40.0 Å². The molecule has 0 radical (unpaired) electrons. The van der Waals surface area contributed by atoms with Gasteiger partial charge in [-0.25, -0.2) is 0 Å². The Morgan fingerprint density at radius 3 is 2.24 bits per heavy atom. The van der Waals surface area contributed by atoms with Gasteiger partial charge in [0.2, 0.25) is 5.91 Å². The Balaban J connectivity index is 1.73. The minimum atomic E-state index is -0.344. The van der Waals surface area contributed by atoms with Crippen LogP contribution < -0.4 is 5.32 Å². The van der Waals surface area contributed by atoms with Crippen molar-refractivity contribution in [3.05, 3.63) is 64.7 Å². The largest absolute Gasteiger partial charge is 0.465 e. The van der Waals surface area contributed by atoms with Crippen LogP contribution in [0.1, 0.15) is 35.1 Å². The molecule has 1 N–H and O–H groups in total. The molecule has 0 aromatic heterocycles. The summed E-state index contributed by atoms with van der Waals surface area (Å²) in [4.78, 5) is 23.8. The first kappa shape index (κ1) is 18.7. The van der Waals surface area contributed by atoms with Gasteiger partial charge in [0.25, 0.3) is 0 Å². The Morgan fingerprint density at radius 2 is 1.60 bits per heavy atom. The number of amides is 1. The molecule has 2 aromatic carbocycles. The summed E-state index contributed by atoms with van der Waals surface area (Å²) in [5.41, 5.74) is 5.16. The third kappa shape index (κ3) is 6.07. The van der Waals surface area contributed by atoms with Gasteiger partial charge in [-0.1, -0.05) is 48.0 Å². The molecule has 132 valence electrons. The molecule has 0 heterocycles. The maximum absolute atomic E-state index is 12.1. The minimum Gasteiger partial charge on any atom is -0.465 e. The summed E-state index contributed by atoms with van der Waals surface area (Å²) < 4.78 is 5.19. The van der Waals surface area contributed by atoms with Crippen LogP contribution in [0.3, 0.4) is 0 Å². The van der Waals surface area contributed by atoms with Crippen LogP contribution in [0, 0.1) is 20.8 Å². The maximum atomic E-state index is 12.1. The number of carbonyl (C=O) groups excluding carboxylic acids is 2. The van der Waals surface area contributed by atoms with Crippen LogP contribution in [0.5, 0.6) is 0 Å². The Labute approximate surface area is 149 Å². The Bertz CT molecular complexity index is 715. The fraction of sp³-hybridized carbons (Fsp3) is 0.333. The number of benzene rings is 2. The molecule has 0 saturated heterocycles. The van der Waals surface area contributed by atoms with Gasteiger partial charge in [-0.3, -0.25) is 9.59 Å². The minimum absolute atomic E-state index is 0.0879. The molecular weight excluding hydrogens is 314 g/mol. The van der Waals surface area contributed by atoms with E-state index in [2.05, 4.69) is 5.32 Å². The van der Waals surface area contributed by atoms with Crippen molar-refractivity contribution >= 4 is 17.6 Å². The summed E-state index contributed by atoms with van der Waals surface area (Å²) in [6.07, 6.45) is 0.891. The van der Waals surface area contributed by atoms with E-state index < -0.39 is 0 Å². The molecule has 1 amide bonds. The number of aryl methyl sites for hydroxylation is 3. The van der Waals surface area contributed by atoms with Crippen LogP contribution in [0.2, 0.25) is 0 Å². The first-order valence-electron chi connectivity index (χ1n) is 8.53. The van der Waals surface area contributed by atoms with E-state index in [9.17, 15) is 9.59 Å².